The molecule has 7 heteroatoms. The molecule has 0 amide bonds. The van der Waals surface area contributed by atoms with E-state index in [4.69, 9.17) is 9.47 Å². The highest BCUT2D eigenvalue weighted by Crippen LogP contribution is 2.41. The molecule has 0 unspecified atom stereocenters. The summed E-state index contributed by atoms with van der Waals surface area (Å²) in [6.07, 6.45) is 5.51. The smallest absolute Gasteiger partial charge is 0.181 e. The second-order valence-electron chi connectivity index (χ2n) is 7.82. The summed E-state index contributed by atoms with van der Waals surface area (Å²) in [7, 11) is 0. The minimum atomic E-state index is -0.304. The molecule has 0 atom stereocenters. The summed E-state index contributed by atoms with van der Waals surface area (Å²) in [6.45, 7) is 3.26. The van der Waals surface area contributed by atoms with Gasteiger partial charge in [-0.3, -0.25) is 0 Å². The maximum atomic E-state index is 5.76. The Labute approximate surface area is 170 Å². The molecule has 7 nitrogen and oxygen atoms in total. The van der Waals surface area contributed by atoms with Crippen molar-refractivity contribution in [1.29, 1.82) is 0 Å². The maximum absolute atomic E-state index is 5.76. The lowest BCUT2D eigenvalue weighted by atomic mass is 9.80. The van der Waals surface area contributed by atoms with Gasteiger partial charge in [0.05, 0.1) is 11.2 Å². The fourth-order valence-corrected chi connectivity index (χ4v) is 4.35. The zero-order chi connectivity index (χ0) is 19.7. The van der Waals surface area contributed by atoms with Crippen molar-refractivity contribution in [3.8, 4) is 17.2 Å². The first-order valence-electron chi connectivity index (χ1n) is 10.3. The van der Waals surface area contributed by atoms with Gasteiger partial charge in [-0.1, -0.05) is 37.5 Å². The molecule has 1 aliphatic carbocycles. The molecular weight excluding hydrogens is 366 g/mol. The Bertz CT molecular complexity index is 1010. The summed E-state index contributed by atoms with van der Waals surface area (Å²) in [5.41, 5.74) is 2.92. The summed E-state index contributed by atoms with van der Waals surface area (Å²) in [4.78, 5) is 0. The molecule has 0 spiro atoms. The Morgan fingerprint density at radius 2 is 1.76 bits per heavy atom. The zero-order valence-electron chi connectivity index (χ0n) is 16.6. The maximum Gasteiger partial charge on any atom is 0.181 e. The molecule has 150 valence electrons. The Morgan fingerprint density at radius 3 is 2.59 bits per heavy atom. The monoisotopic (exact) mass is 391 g/mol. The van der Waals surface area contributed by atoms with E-state index in [0.29, 0.717) is 13.2 Å². The highest BCUT2D eigenvalue weighted by molar-refractivity contribution is 5.54. The average Bonchev–Trinajstić information content (AvgIpc) is 3.27. The lowest BCUT2D eigenvalue weighted by molar-refractivity contribution is 0.171. The number of hydrogen-bond acceptors (Lipinski definition) is 6. The van der Waals surface area contributed by atoms with E-state index in [1.54, 1.807) is 0 Å². The van der Waals surface area contributed by atoms with Gasteiger partial charge in [-0.25, -0.2) is 0 Å². The van der Waals surface area contributed by atoms with Crippen molar-refractivity contribution >= 4 is 5.69 Å². The quantitative estimate of drug-likeness (QED) is 0.724. The van der Waals surface area contributed by atoms with Gasteiger partial charge in [0, 0.05) is 11.8 Å². The second-order valence-corrected chi connectivity index (χ2v) is 7.82. The first kappa shape index (κ1) is 18.0. The van der Waals surface area contributed by atoms with Crippen molar-refractivity contribution in [3.05, 3.63) is 53.9 Å². The van der Waals surface area contributed by atoms with Crippen molar-refractivity contribution < 1.29 is 9.47 Å². The van der Waals surface area contributed by atoms with Crippen molar-refractivity contribution in [3.63, 3.8) is 0 Å². The molecule has 1 aliphatic heterocycles. The number of nitrogens with zero attached hydrogens (tertiary/aromatic N) is 4. The van der Waals surface area contributed by atoms with Gasteiger partial charge in [0.2, 0.25) is 0 Å². The van der Waals surface area contributed by atoms with Gasteiger partial charge in [-0.2, -0.15) is 4.68 Å². The van der Waals surface area contributed by atoms with Crippen LogP contribution in [0, 0.1) is 6.92 Å². The highest BCUT2D eigenvalue weighted by Gasteiger charge is 2.39. The Kier molecular flexibility index (Phi) is 4.58. The van der Waals surface area contributed by atoms with Crippen LogP contribution in [0.3, 0.4) is 0 Å². The number of nitrogens with one attached hydrogen (secondary N) is 1. The molecule has 2 aromatic carbocycles. The van der Waals surface area contributed by atoms with Gasteiger partial charge in [0.1, 0.15) is 13.2 Å². The first-order chi connectivity index (χ1) is 14.3. The molecule has 5 rings (SSSR count). The minimum absolute atomic E-state index is 0.304. The van der Waals surface area contributed by atoms with E-state index >= 15 is 0 Å². The largest absolute Gasteiger partial charge is 0.486 e. The second kappa shape index (κ2) is 7.39. The number of hydrogen-bond donors (Lipinski definition) is 1. The molecule has 1 saturated carbocycles. The molecule has 2 aliphatic rings. The molecule has 1 fully saturated rings. The van der Waals surface area contributed by atoms with Crippen LogP contribution < -0.4 is 14.8 Å². The van der Waals surface area contributed by atoms with Crippen LogP contribution >= 0.6 is 0 Å². The highest BCUT2D eigenvalue weighted by atomic mass is 16.6. The van der Waals surface area contributed by atoms with Crippen molar-refractivity contribution in [2.24, 2.45) is 0 Å². The van der Waals surface area contributed by atoms with Gasteiger partial charge < -0.3 is 14.8 Å². The zero-order valence-corrected chi connectivity index (χ0v) is 16.6. The summed E-state index contributed by atoms with van der Waals surface area (Å²) in [5.74, 6) is 2.34. The number of ether oxygens (including phenoxy) is 2. The van der Waals surface area contributed by atoms with Gasteiger partial charge in [-0.05, 0) is 54.0 Å². The minimum Gasteiger partial charge on any atom is -0.486 e. The topological polar surface area (TPSA) is 74.1 Å². The number of tetrazole rings is 1. The lowest BCUT2D eigenvalue weighted by Crippen LogP contribution is -2.40. The summed E-state index contributed by atoms with van der Waals surface area (Å²) >= 11 is 0. The standard InChI is InChI=1S/C22H25N5O2/c1-16-7-3-4-8-18(16)23-22(11-5-2-6-12-22)21-24-25-26-27(21)17-9-10-19-20(15-17)29-14-13-28-19/h3-4,7-10,15,23H,2,5-6,11-14H2,1H3. The third-order valence-corrected chi connectivity index (χ3v) is 5.89. The van der Waals surface area contributed by atoms with Crippen LogP contribution in [0.4, 0.5) is 5.69 Å². The molecule has 0 radical (unpaired) electrons. The molecular formula is C22H25N5O2. The Balaban J connectivity index is 1.56. The summed E-state index contributed by atoms with van der Waals surface area (Å²) in [6, 6.07) is 14.3. The fraction of sp³-hybridized carbons (Fsp3) is 0.409. The van der Waals surface area contributed by atoms with E-state index < -0.39 is 0 Å². The molecule has 1 aromatic heterocycles. The van der Waals surface area contributed by atoms with Crippen LogP contribution in [0.15, 0.2) is 42.5 Å². The third-order valence-electron chi connectivity index (χ3n) is 5.89. The SMILES string of the molecule is Cc1ccccc1NC1(c2nnnn2-c2ccc3c(c2)OCCO3)CCCCC1. The number of para-hydroxylation sites is 1. The number of fused-ring (bicyclic) bond motifs is 1. The van der Waals surface area contributed by atoms with Gasteiger partial charge in [-0.15, -0.1) is 5.10 Å². The van der Waals surface area contributed by atoms with Gasteiger partial charge >= 0.3 is 0 Å². The Morgan fingerprint density at radius 1 is 0.966 bits per heavy atom. The molecule has 29 heavy (non-hydrogen) atoms. The van der Waals surface area contributed by atoms with E-state index in [9.17, 15) is 0 Å². The fourth-order valence-electron chi connectivity index (χ4n) is 4.35. The number of anilines is 1. The van der Waals surface area contributed by atoms with Crippen LogP contribution in [-0.4, -0.2) is 33.4 Å². The van der Waals surface area contributed by atoms with Crippen LogP contribution in [0.2, 0.25) is 0 Å². The third kappa shape index (κ3) is 3.30. The normalized spacial score (nSPS) is 17.7. The summed E-state index contributed by atoms with van der Waals surface area (Å²) < 4.78 is 13.3. The van der Waals surface area contributed by atoms with E-state index in [2.05, 4.69) is 52.0 Å². The number of rotatable bonds is 4. The molecule has 1 N–H and O–H groups in total. The lowest BCUT2D eigenvalue weighted by Gasteiger charge is -2.38. The van der Waals surface area contributed by atoms with E-state index in [1.165, 1.54) is 12.0 Å². The van der Waals surface area contributed by atoms with Gasteiger partial charge in [0.25, 0.3) is 0 Å². The predicted molar refractivity (Wildman–Crippen MR) is 110 cm³/mol. The van der Waals surface area contributed by atoms with Crippen LogP contribution in [-0.2, 0) is 5.54 Å². The van der Waals surface area contributed by atoms with Crippen molar-refractivity contribution in [2.75, 3.05) is 18.5 Å². The van der Waals surface area contributed by atoms with E-state index in [0.717, 1.165) is 54.4 Å². The molecule has 0 bridgehead atoms. The number of aryl methyl sites for hydroxylation is 1. The number of aromatic nitrogens is 4. The average molecular weight is 391 g/mol. The molecule has 0 saturated heterocycles. The van der Waals surface area contributed by atoms with E-state index in [-0.39, 0.29) is 5.54 Å². The van der Waals surface area contributed by atoms with Crippen molar-refractivity contribution in [2.45, 2.75) is 44.6 Å². The van der Waals surface area contributed by atoms with Crippen LogP contribution in [0.25, 0.3) is 5.69 Å². The summed E-state index contributed by atoms with van der Waals surface area (Å²) in [5, 5.41) is 16.7. The van der Waals surface area contributed by atoms with Crippen molar-refractivity contribution in [1.82, 2.24) is 20.2 Å². The van der Waals surface area contributed by atoms with E-state index in [1.807, 2.05) is 22.9 Å². The predicted octanol–water partition coefficient (Wildman–Crippen LogP) is 4.01. The van der Waals surface area contributed by atoms with Crippen LogP contribution in [0.1, 0.15) is 43.5 Å². The first-order valence-corrected chi connectivity index (χ1v) is 10.3. The molecule has 2 heterocycles. The number of benzene rings is 2. The van der Waals surface area contributed by atoms with Crippen LogP contribution in [0.5, 0.6) is 11.5 Å². The molecule has 3 aromatic rings. The van der Waals surface area contributed by atoms with Gasteiger partial charge in [0.15, 0.2) is 17.3 Å². The Hall–Kier alpha value is -3.09.